The summed E-state index contributed by atoms with van der Waals surface area (Å²) in [6, 6.07) is 14.8. The zero-order valence-electron chi connectivity index (χ0n) is 15.8. The Labute approximate surface area is 173 Å². The fourth-order valence-corrected chi connectivity index (χ4v) is 3.91. The number of hydrogen-bond donors (Lipinski definition) is 1. The van der Waals surface area contributed by atoms with Crippen molar-refractivity contribution in [3.63, 3.8) is 0 Å². The Bertz CT molecular complexity index is 1050. The van der Waals surface area contributed by atoms with E-state index in [1.165, 1.54) is 6.26 Å². The van der Waals surface area contributed by atoms with Crippen molar-refractivity contribution < 1.29 is 14.0 Å². The summed E-state index contributed by atoms with van der Waals surface area (Å²) in [5, 5.41) is 4.96. The van der Waals surface area contributed by atoms with Gasteiger partial charge in [-0.15, -0.1) is 11.3 Å². The normalized spacial score (nSPS) is 16.0. The van der Waals surface area contributed by atoms with Crippen LogP contribution in [0.25, 0.3) is 0 Å². The van der Waals surface area contributed by atoms with Crippen molar-refractivity contribution in [2.24, 2.45) is 5.92 Å². The van der Waals surface area contributed by atoms with Gasteiger partial charge < -0.3 is 14.6 Å². The zero-order valence-corrected chi connectivity index (χ0v) is 16.6. The first-order chi connectivity index (χ1) is 14.2. The number of benzene rings is 1. The molecule has 0 bridgehead atoms. The molecule has 1 unspecified atom stereocenters. The average Bonchev–Trinajstić information content (AvgIpc) is 3.46. The number of carbonyl (C=O) groups is 2. The van der Waals surface area contributed by atoms with Gasteiger partial charge in [0.1, 0.15) is 0 Å². The number of amides is 2. The van der Waals surface area contributed by atoms with E-state index in [1.54, 1.807) is 28.4 Å². The highest BCUT2D eigenvalue weighted by atomic mass is 32.1. The lowest BCUT2D eigenvalue weighted by molar-refractivity contribution is -0.121. The number of likely N-dealkylation sites (tertiary alicyclic amines) is 1. The van der Waals surface area contributed by atoms with E-state index >= 15 is 0 Å². The molecule has 0 radical (unpaired) electrons. The molecular formula is C23H20N2O3S. The number of thiophene rings is 1. The van der Waals surface area contributed by atoms with Gasteiger partial charge in [-0.05, 0) is 54.6 Å². The molecule has 2 amide bonds. The molecule has 1 aliphatic heterocycles. The van der Waals surface area contributed by atoms with Crippen molar-refractivity contribution in [3.8, 4) is 11.8 Å². The predicted octanol–water partition coefficient (Wildman–Crippen LogP) is 4.23. The molecule has 29 heavy (non-hydrogen) atoms. The number of piperidine rings is 1. The van der Waals surface area contributed by atoms with Gasteiger partial charge in [0.05, 0.1) is 17.1 Å². The lowest BCUT2D eigenvalue weighted by Gasteiger charge is -2.31. The molecule has 1 N–H and O–H groups in total. The Hall–Kier alpha value is -3.30. The molecule has 0 spiro atoms. The molecule has 1 aliphatic rings. The maximum atomic E-state index is 12.8. The molecule has 1 aromatic carbocycles. The van der Waals surface area contributed by atoms with Crippen molar-refractivity contribution in [1.29, 1.82) is 0 Å². The van der Waals surface area contributed by atoms with E-state index < -0.39 is 0 Å². The van der Waals surface area contributed by atoms with Crippen molar-refractivity contribution >= 4 is 28.8 Å². The fourth-order valence-electron chi connectivity index (χ4n) is 3.33. The number of anilines is 1. The van der Waals surface area contributed by atoms with Crippen LogP contribution in [0.2, 0.25) is 0 Å². The molecule has 1 saturated heterocycles. The number of nitrogens with zero attached hydrogens (tertiary/aromatic N) is 1. The SMILES string of the molecule is O=C(Nc1cccc(C#Cc2cccs2)c1)C1CCCN(C(=O)c2ccco2)C1. The quantitative estimate of drug-likeness (QED) is 0.665. The van der Waals surface area contributed by atoms with E-state index in [0.717, 1.165) is 23.3 Å². The summed E-state index contributed by atoms with van der Waals surface area (Å²) in [6.45, 7) is 1.03. The van der Waals surface area contributed by atoms with Gasteiger partial charge in [0.25, 0.3) is 5.91 Å². The molecular weight excluding hydrogens is 384 g/mol. The van der Waals surface area contributed by atoms with Crippen molar-refractivity contribution in [2.45, 2.75) is 12.8 Å². The van der Waals surface area contributed by atoms with Crippen molar-refractivity contribution in [2.75, 3.05) is 18.4 Å². The van der Waals surface area contributed by atoms with Gasteiger partial charge in [-0.3, -0.25) is 9.59 Å². The Morgan fingerprint density at radius 2 is 2.07 bits per heavy atom. The Morgan fingerprint density at radius 1 is 1.14 bits per heavy atom. The van der Waals surface area contributed by atoms with E-state index in [4.69, 9.17) is 4.42 Å². The second-order valence-corrected chi connectivity index (χ2v) is 7.81. The zero-order chi connectivity index (χ0) is 20.1. The molecule has 146 valence electrons. The van der Waals surface area contributed by atoms with Crippen LogP contribution >= 0.6 is 11.3 Å². The lowest BCUT2D eigenvalue weighted by atomic mass is 9.96. The minimum absolute atomic E-state index is 0.0784. The fraction of sp³-hybridized carbons (Fsp3) is 0.217. The number of hydrogen-bond acceptors (Lipinski definition) is 4. The average molecular weight is 404 g/mol. The van der Waals surface area contributed by atoms with Gasteiger partial charge in [-0.2, -0.15) is 0 Å². The summed E-state index contributed by atoms with van der Waals surface area (Å²) >= 11 is 1.59. The largest absolute Gasteiger partial charge is 0.459 e. The molecule has 1 atom stereocenters. The summed E-state index contributed by atoms with van der Waals surface area (Å²) in [4.78, 5) is 28.0. The molecule has 1 fully saturated rings. The molecule has 3 heterocycles. The van der Waals surface area contributed by atoms with Crippen LogP contribution in [-0.4, -0.2) is 29.8 Å². The van der Waals surface area contributed by atoms with Crippen LogP contribution in [0.5, 0.6) is 0 Å². The molecule has 0 aliphatic carbocycles. The maximum Gasteiger partial charge on any atom is 0.289 e. The molecule has 3 aromatic rings. The highest BCUT2D eigenvalue weighted by Crippen LogP contribution is 2.21. The maximum absolute atomic E-state index is 12.8. The van der Waals surface area contributed by atoms with Gasteiger partial charge in [0.15, 0.2) is 5.76 Å². The second kappa shape index (κ2) is 8.80. The number of nitrogens with one attached hydrogen (secondary N) is 1. The lowest BCUT2D eigenvalue weighted by Crippen LogP contribution is -2.43. The molecule has 6 heteroatoms. The van der Waals surface area contributed by atoms with Crippen LogP contribution in [0.1, 0.15) is 33.8 Å². The van der Waals surface area contributed by atoms with E-state index in [9.17, 15) is 9.59 Å². The van der Waals surface area contributed by atoms with Crippen LogP contribution in [0, 0.1) is 17.8 Å². The first kappa shape index (κ1) is 19.0. The van der Waals surface area contributed by atoms with Gasteiger partial charge >= 0.3 is 0 Å². The molecule has 0 saturated carbocycles. The predicted molar refractivity (Wildman–Crippen MR) is 113 cm³/mol. The third-order valence-corrected chi connectivity index (χ3v) is 5.58. The third-order valence-electron chi connectivity index (χ3n) is 4.79. The van der Waals surface area contributed by atoms with Crippen LogP contribution in [-0.2, 0) is 4.79 Å². The van der Waals surface area contributed by atoms with E-state index in [0.29, 0.717) is 24.5 Å². The number of rotatable bonds is 3. The van der Waals surface area contributed by atoms with E-state index in [1.807, 2.05) is 41.8 Å². The van der Waals surface area contributed by atoms with E-state index in [-0.39, 0.29) is 17.7 Å². The highest BCUT2D eigenvalue weighted by Gasteiger charge is 2.29. The second-order valence-electron chi connectivity index (χ2n) is 6.86. The summed E-state index contributed by atoms with van der Waals surface area (Å²) < 4.78 is 5.20. The van der Waals surface area contributed by atoms with E-state index in [2.05, 4.69) is 17.2 Å². The number of furan rings is 1. The highest BCUT2D eigenvalue weighted by molar-refractivity contribution is 7.10. The van der Waals surface area contributed by atoms with Crippen LogP contribution in [0.15, 0.2) is 64.6 Å². The summed E-state index contributed by atoms with van der Waals surface area (Å²) in [7, 11) is 0. The first-order valence-electron chi connectivity index (χ1n) is 9.48. The topological polar surface area (TPSA) is 62.6 Å². The molecule has 2 aromatic heterocycles. The van der Waals surface area contributed by atoms with Gasteiger partial charge in [0, 0.05) is 24.3 Å². The first-order valence-corrected chi connectivity index (χ1v) is 10.4. The summed E-state index contributed by atoms with van der Waals surface area (Å²) in [5.74, 6) is 6.06. The van der Waals surface area contributed by atoms with Crippen LogP contribution in [0.4, 0.5) is 5.69 Å². The Balaban J connectivity index is 1.40. The Morgan fingerprint density at radius 3 is 2.86 bits per heavy atom. The van der Waals surface area contributed by atoms with Gasteiger partial charge in [0.2, 0.25) is 5.91 Å². The summed E-state index contributed by atoms with van der Waals surface area (Å²) in [5.41, 5.74) is 1.55. The minimum atomic E-state index is -0.247. The van der Waals surface area contributed by atoms with Crippen LogP contribution < -0.4 is 5.32 Å². The summed E-state index contributed by atoms with van der Waals surface area (Å²) in [6.07, 6.45) is 3.03. The monoisotopic (exact) mass is 404 g/mol. The minimum Gasteiger partial charge on any atom is -0.459 e. The molecule has 4 rings (SSSR count). The van der Waals surface area contributed by atoms with Gasteiger partial charge in [-0.25, -0.2) is 0 Å². The standard InChI is InChI=1S/C23H20N2O3S/c26-22(18-6-2-12-25(16-18)23(27)21-9-3-13-28-21)24-19-7-1-5-17(15-19)10-11-20-8-4-14-29-20/h1,3-5,7-9,13-15,18H,2,6,12,16H2,(H,24,26). The van der Waals surface area contributed by atoms with Gasteiger partial charge in [-0.1, -0.05) is 24.0 Å². The van der Waals surface area contributed by atoms with Crippen LogP contribution in [0.3, 0.4) is 0 Å². The third kappa shape index (κ3) is 4.76. The molecule has 5 nitrogen and oxygen atoms in total. The smallest absolute Gasteiger partial charge is 0.289 e. The number of carbonyl (C=O) groups excluding carboxylic acids is 2. The Kier molecular flexibility index (Phi) is 5.78. The van der Waals surface area contributed by atoms with Crippen molar-refractivity contribution in [3.05, 3.63) is 76.4 Å². The van der Waals surface area contributed by atoms with Crippen molar-refractivity contribution in [1.82, 2.24) is 4.90 Å².